The van der Waals surface area contributed by atoms with E-state index in [4.69, 9.17) is 4.74 Å². The first kappa shape index (κ1) is 17.1. The lowest BCUT2D eigenvalue weighted by molar-refractivity contribution is -0.384. The van der Waals surface area contributed by atoms with Gasteiger partial charge < -0.3 is 10.1 Å². The molecule has 1 N–H and O–H groups in total. The molecule has 0 spiro atoms. The lowest BCUT2D eigenvalue weighted by atomic mass is 10.2. The van der Waals surface area contributed by atoms with Gasteiger partial charge in [-0.3, -0.25) is 14.9 Å². The molecule has 2 rings (SSSR count). The molecular weight excluding hydrogens is 312 g/mol. The van der Waals surface area contributed by atoms with Crippen molar-refractivity contribution in [2.75, 3.05) is 5.32 Å². The Hall–Kier alpha value is -3.22. The maximum atomic E-state index is 12.1. The minimum absolute atomic E-state index is 0.128. The van der Waals surface area contributed by atoms with Crippen LogP contribution in [0.15, 0.2) is 48.5 Å². The van der Waals surface area contributed by atoms with Crippen molar-refractivity contribution < 1.29 is 19.2 Å². The van der Waals surface area contributed by atoms with Gasteiger partial charge in [-0.15, -0.1) is 0 Å². The maximum Gasteiger partial charge on any atom is 0.338 e. The fraction of sp³-hybridized carbons (Fsp3) is 0.176. The molecule has 0 saturated carbocycles. The number of carbonyl (C=O) groups is 2. The molecule has 1 atom stereocenters. The van der Waals surface area contributed by atoms with Gasteiger partial charge in [-0.05, 0) is 43.7 Å². The normalized spacial score (nSPS) is 11.4. The summed E-state index contributed by atoms with van der Waals surface area (Å²) in [6, 6.07) is 12.2. The van der Waals surface area contributed by atoms with Crippen LogP contribution >= 0.6 is 0 Å². The van der Waals surface area contributed by atoms with Crippen molar-refractivity contribution in [2.24, 2.45) is 0 Å². The summed E-state index contributed by atoms with van der Waals surface area (Å²) in [7, 11) is 0. The van der Waals surface area contributed by atoms with Crippen LogP contribution in [-0.2, 0) is 9.53 Å². The minimum Gasteiger partial charge on any atom is -0.449 e. The van der Waals surface area contributed by atoms with Gasteiger partial charge >= 0.3 is 5.97 Å². The number of nitro groups is 1. The van der Waals surface area contributed by atoms with Gasteiger partial charge in [0.2, 0.25) is 0 Å². The zero-order chi connectivity index (χ0) is 17.7. The number of benzene rings is 2. The van der Waals surface area contributed by atoms with Crippen LogP contribution in [0.25, 0.3) is 0 Å². The summed E-state index contributed by atoms with van der Waals surface area (Å²) in [6.07, 6.45) is -1.01. The number of nitrogens with zero attached hydrogens (tertiary/aromatic N) is 1. The zero-order valence-corrected chi connectivity index (χ0v) is 13.2. The zero-order valence-electron chi connectivity index (χ0n) is 13.2. The van der Waals surface area contributed by atoms with E-state index < -0.39 is 22.9 Å². The van der Waals surface area contributed by atoms with Gasteiger partial charge in [0.05, 0.1) is 10.5 Å². The van der Waals surface area contributed by atoms with Gasteiger partial charge in [-0.25, -0.2) is 4.79 Å². The number of hydrogen-bond acceptors (Lipinski definition) is 5. The number of rotatable bonds is 5. The molecule has 0 bridgehead atoms. The Kier molecular flexibility index (Phi) is 5.26. The summed E-state index contributed by atoms with van der Waals surface area (Å²) < 4.78 is 5.08. The van der Waals surface area contributed by atoms with Crippen LogP contribution in [0.4, 0.5) is 11.4 Å². The second-order valence-electron chi connectivity index (χ2n) is 5.21. The Balaban J connectivity index is 1.97. The van der Waals surface area contributed by atoms with Crippen LogP contribution < -0.4 is 5.32 Å². The Morgan fingerprint density at radius 1 is 1.17 bits per heavy atom. The Bertz CT molecular complexity index is 771. The number of amides is 1. The molecule has 7 nitrogen and oxygen atoms in total. The Morgan fingerprint density at radius 2 is 1.83 bits per heavy atom. The lowest BCUT2D eigenvalue weighted by Crippen LogP contribution is -2.30. The summed E-state index contributed by atoms with van der Waals surface area (Å²) in [5.41, 5.74) is 1.61. The van der Waals surface area contributed by atoms with Crippen LogP contribution in [0.5, 0.6) is 0 Å². The van der Waals surface area contributed by atoms with E-state index in [9.17, 15) is 19.7 Å². The quantitative estimate of drug-likeness (QED) is 0.516. The predicted molar refractivity (Wildman–Crippen MR) is 87.8 cm³/mol. The van der Waals surface area contributed by atoms with Gasteiger partial charge in [-0.1, -0.05) is 12.1 Å². The van der Waals surface area contributed by atoms with Gasteiger partial charge in [0, 0.05) is 17.8 Å². The van der Waals surface area contributed by atoms with Crippen LogP contribution in [0.1, 0.15) is 22.8 Å². The number of nitro benzene ring substituents is 1. The molecule has 2 aromatic carbocycles. The summed E-state index contributed by atoms with van der Waals surface area (Å²) in [5, 5.41) is 13.2. The number of carbonyl (C=O) groups excluding carboxylic acids is 2. The smallest absolute Gasteiger partial charge is 0.338 e. The van der Waals surface area contributed by atoms with Crippen molar-refractivity contribution in [2.45, 2.75) is 20.0 Å². The highest BCUT2D eigenvalue weighted by Crippen LogP contribution is 2.14. The molecule has 0 heterocycles. The van der Waals surface area contributed by atoms with Gasteiger partial charge in [0.1, 0.15) is 0 Å². The first-order valence-electron chi connectivity index (χ1n) is 7.20. The third-order valence-corrected chi connectivity index (χ3v) is 3.25. The molecule has 124 valence electrons. The third-order valence-electron chi connectivity index (χ3n) is 3.25. The Morgan fingerprint density at radius 3 is 2.42 bits per heavy atom. The van der Waals surface area contributed by atoms with Gasteiger partial charge in [-0.2, -0.15) is 0 Å². The van der Waals surface area contributed by atoms with Crippen molar-refractivity contribution >= 4 is 23.3 Å². The summed E-state index contributed by atoms with van der Waals surface area (Å²) in [6.45, 7) is 3.35. The molecule has 24 heavy (non-hydrogen) atoms. The van der Waals surface area contributed by atoms with Crippen LogP contribution in [0, 0.1) is 17.0 Å². The van der Waals surface area contributed by atoms with E-state index in [0.29, 0.717) is 5.69 Å². The van der Waals surface area contributed by atoms with E-state index in [-0.39, 0.29) is 11.3 Å². The largest absolute Gasteiger partial charge is 0.449 e. The SMILES string of the molecule is Cc1cccc(NC(=O)[C@@H](C)OC(=O)c2ccc([N+](=O)[O-])cc2)c1. The number of anilines is 1. The fourth-order valence-corrected chi connectivity index (χ4v) is 1.97. The van der Waals surface area contributed by atoms with Crippen LogP contribution in [0.2, 0.25) is 0 Å². The minimum atomic E-state index is -1.01. The summed E-state index contributed by atoms with van der Waals surface area (Å²) >= 11 is 0. The second-order valence-corrected chi connectivity index (χ2v) is 5.21. The predicted octanol–water partition coefficient (Wildman–Crippen LogP) is 3.09. The van der Waals surface area contributed by atoms with E-state index in [1.807, 2.05) is 13.0 Å². The molecule has 0 aliphatic rings. The molecule has 2 aromatic rings. The highest BCUT2D eigenvalue weighted by molar-refractivity contribution is 5.97. The molecule has 7 heteroatoms. The highest BCUT2D eigenvalue weighted by atomic mass is 16.6. The van der Waals surface area contributed by atoms with Crippen LogP contribution in [-0.4, -0.2) is 22.9 Å². The lowest BCUT2D eigenvalue weighted by Gasteiger charge is -2.13. The summed E-state index contributed by atoms with van der Waals surface area (Å²) in [4.78, 5) is 34.1. The molecule has 0 unspecified atom stereocenters. The number of non-ortho nitro benzene ring substituents is 1. The number of aryl methyl sites for hydroxylation is 1. The fourth-order valence-electron chi connectivity index (χ4n) is 1.97. The molecule has 0 saturated heterocycles. The van der Waals surface area contributed by atoms with Gasteiger partial charge in [0.15, 0.2) is 6.10 Å². The molecule has 0 fully saturated rings. The first-order valence-corrected chi connectivity index (χ1v) is 7.20. The number of ether oxygens (including phenoxy) is 1. The number of hydrogen-bond donors (Lipinski definition) is 1. The third kappa shape index (κ3) is 4.39. The van der Waals surface area contributed by atoms with E-state index in [1.165, 1.54) is 31.2 Å². The standard InChI is InChI=1S/C17H16N2O5/c1-11-4-3-5-14(10-11)18-16(20)12(2)24-17(21)13-6-8-15(9-7-13)19(22)23/h3-10,12H,1-2H3,(H,18,20)/t12-/m1/s1. The molecular formula is C17H16N2O5. The molecule has 0 aliphatic carbocycles. The maximum absolute atomic E-state index is 12.1. The van der Waals surface area contributed by atoms with Crippen molar-refractivity contribution in [1.29, 1.82) is 0 Å². The molecule has 0 aromatic heterocycles. The average Bonchev–Trinajstić information content (AvgIpc) is 2.54. The highest BCUT2D eigenvalue weighted by Gasteiger charge is 2.19. The topological polar surface area (TPSA) is 98.5 Å². The average molecular weight is 328 g/mol. The number of esters is 1. The molecule has 0 radical (unpaired) electrons. The number of nitrogens with one attached hydrogen (secondary N) is 1. The van der Waals surface area contributed by atoms with E-state index in [2.05, 4.69) is 5.32 Å². The first-order chi connectivity index (χ1) is 11.4. The van der Waals surface area contributed by atoms with Crippen molar-refractivity contribution in [3.63, 3.8) is 0 Å². The Labute approximate surface area is 138 Å². The van der Waals surface area contributed by atoms with Crippen molar-refractivity contribution in [1.82, 2.24) is 0 Å². The van der Waals surface area contributed by atoms with E-state index >= 15 is 0 Å². The van der Waals surface area contributed by atoms with Crippen LogP contribution in [0.3, 0.4) is 0 Å². The molecule has 0 aliphatic heterocycles. The second kappa shape index (κ2) is 7.36. The van der Waals surface area contributed by atoms with Crippen molar-refractivity contribution in [3.05, 3.63) is 69.8 Å². The van der Waals surface area contributed by atoms with E-state index in [1.54, 1.807) is 18.2 Å². The summed E-state index contributed by atoms with van der Waals surface area (Å²) in [5.74, 6) is -1.19. The van der Waals surface area contributed by atoms with Gasteiger partial charge in [0.25, 0.3) is 11.6 Å². The monoisotopic (exact) mass is 328 g/mol. The van der Waals surface area contributed by atoms with E-state index in [0.717, 1.165) is 5.56 Å². The molecule has 1 amide bonds. The van der Waals surface area contributed by atoms with Crippen molar-refractivity contribution in [3.8, 4) is 0 Å².